The number of fused-ring (bicyclic) bond motifs is 3. The highest BCUT2D eigenvalue weighted by molar-refractivity contribution is 14.1. The Morgan fingerprint density at radius 3 is 2.50 bits per heavy atom. The minimum atomic E-state index is -0.611. The first kappa shape index (κ1) is 26.4. The fourth-order valence-electron chi connectivity index (χ4n) is 6.51. The first-order valence-electron chi connectivity index (χ1n) is 13.1. The van der Waals surface area contributed by atoms with Gasteiger partial charge in [-0.1, -0.05) is 29.9 Å². The van der Waals surface area contributed by atoms with Gasteiger partial charge in [0.05, 0.1) is 24.6 Å². The molecule has 4 atom stereocenters. The lowest BCUT2D eigenvalue weighted by Gasteiger charge is -2.41. The van der Waals surface area contributed by atoms with Crippen molar-refractivity contribution < 1.29 is 29.0 Å². The molecule has 4 aliphatic rings. The van der Waals surface area contributed by atoms with Crippen molar-refractivity contribution in [3.8, 4) is 11.5 Å². The van der Waals surface area contributed by atoms with Crippen LogP contribution in [0.2, 0.25) is 0 Å². The van der Waals surface area contributed by atoms with Gasteiger partial charge in [-0.05, 0) is 96.3 Å². The number of hydrogen-bond acceptors (Lipinski definition) is 6. The molecule has 0 spiro atoms. The average molecular weight is 647 g/mol. The number of allylic oxidation sites excluding steroid dienone is 7. The van der Waals surface area contributed by atoms with Gasteiger partial charge in [0.2, 0.25) is 11.8 Å². The molecule has 3 aliphatic carbocycles. The number of amides is 2. The molecular formula is C32H26INO6. The molecule has 1 saturated heterocycles. The van der Waals surface area contributed by atoms with Gasteiger partial charge >= 0.3 is 0 Å². The van der Waals surface area contributed by atoms with Crippen LogP contribution in [0.15, 0.2) is 83.0 Å². The van der Waals surface area contributed by atoms with Gasteiger partial charge < -0.3 is 9.84 Å². The molecule has 2 aromatic rings. The van der Waals surface area contributed by atoms with E-state index in [2.05, 4.69) is 22.6 Å². The number of ether oxygens (including phenoxy) is 1. The summed E-state index contributed by atoms with van der Waals surface area (Å²) in [7, 11) is 1.47. The predicted octanol–water partition coefficient (Wildman–Crippen LogP) is 5.19. The molecule has 202 valence electrons. The zero-order chi connectivity index (χ0) is 28.3. The van der Waals surface area contributed by atoms with Gasteiger partial charge in [0.25, 0.3) is 0 Å². The second kappa shape index (κ2) is 9.99. The number of phenolic OH excluding ortho intramolecular Hbond substituents is 1. The van der Waals surface area contributed by atoms with E-state index in [9.17, 15) is 24.3 Å². The predicted molar refractivity (Wildman–Crippen MR) is 157 cm³/mol. The van der Waals surface area contributed by atoms with Gasteiger partial charge in [-0.3, -0.25) is 24.1 Å². The van der Waals surface area contributed by atoms with E-state index in [1.165, 1.54) is 24.2 Å². The molecule has 0 bridgehead atoms. The van der Waals surface area contributed by atoms with Gasteiger partial charge in [-0.2, -0.15) is 0 Å². The number of carbonyl (C=O) groups excluding carboxylic acids is 4. The van der Waals surface area contributed by atoms with E-state index in [-0.39, 0.29) is 41.5 Å². The maximum Gasteiger partial charge on any atom is 0.238 e. The van der Waals surface area contributed by atoms with E-state index in [1.54, 1.807) is 31.2 Å². The molecule has 8 heteroatoms. The molecule has 2 aromatic carbocycles. The maximum atomic E-state index is 13.9. The quantitative estimate of drug-likeness (QED) is 0.213. The Bertz CT molecular complexity index is 1610. The summed E-state index contributed by atoms with van der Waals surface area (Å²) in [5.41, 5.74) is 3.42. The molecule has 0 radical (unpaired) electrons. The zero-order valence-corrected chi connectivity index (χ0v) is 24.0. The minimum Gasteiger partial charge on any atom is -0.504 e. The van der Waals surface area contributed by atoms with Crippen LogP contribution in [-0.2, 0) is 19.2 Å². The number of rotatable bonds is 4. The Kier molecular flexibility index (Phi) is 6.60. The van der Waals surface area contributed by atoms with E-state index in [0.29, 0.717) is 34.6 Å². The zero-order valence-electron chi connectivity index (χ0n) is 21.9. The molecule has 0 aromatic heterocycles. The summed E-state index contributed by atoms with van der Waals surface area (Å²) < 4.78 is 6.23. The molecule has 1 heterocycles. The van der Waals surface area contributed by atoms with Crippen molar-refractivity contribution in [3.63, 3.8) is 0 Å². The lowest BCUT2D eigenvalue weighted by Crippen LogP contribution is -2.40. The SMILES string of the molecule is COc1cc(C=CC2C3=CCC4C(=O)N(c5ccc(I)cc5)C(=O)C4C3CC3=C2C(=O)C=C(C)C3=O)ccc1O. The lowest BCUT2D eigenvalue weighted by molar-refractivity contribution is -0.123. The summed E-state index contributed by atoms with van der Waals surface area (Å²) in [6.45, 7) is 1.63. The van der Waals surface area contributed by atoms with Crippen LogP contribution < -0.4 is 9.64 Å². The molecule has 6 rings (SSSR count). The highest BCUT2D eigenvalue weighted by Gasteiger charge is 2.56. The van der Waals surface area contributed by atoms with Crippen LogP contribution in [0.3, 0.4) is 0 Å². The molecule has 1 aliphatic heterocycles. The van der Waals surface area contributed by atoms with Crippen molar-refractivity contribution in [3.05, 3.63) is 92.1 Å². The van der Waals surface area contributed by atoms with Crippen LogP contribution >= 0.6 is 22.6 Å². The van der Waals surface area contributed by atoms with Gasteiger partial charge in [-0.15, -0.1) is 0 Å². The molecule has 40 heavy (non-hydrogen) atoms. The number of halogens is 1. The van der Waals surface area contributed by atoms with E-state index >= 15 is 0 Å². The average Bonchev–Trinajstić information content (AvgIpc) is 3.20. The van der Waals surface area contributed by atoms with Crippen LogP contribution in [0.1, 0.15) is 25.3 Å². The minimum absolute atomic E-state index is 0.0131. The smallest absolute Gasteiger partial charge is 0.238 e. The molecule has 2 amide bonds. The summed E-state index contributed by atoms with van der Waals surface area (Å²) in [4.78, 5) is 55.4. The number of methoxy groups -OCH3 is 1. The second-order valence-electron chi connectivity index (χ2n) is 10.6. The van der Waals surface area contributed by atoms with Crippen LogP contribution in [-0.4, -0.2) is 35.6 Å². The Balaban J connectivity index is 1.42. The summed E-state index contributed by atoms with van der Waals surface area (Å²) >= 11 is 2.18. The Labute approximate surface area is 245 Å². The Morgan fingerprint density at radius 1 is 1.02 bits per heavy atom. The van der Waals surface area contributed by atoms with Crippen molar-refractivity contribution >= 4 is 57.7 Å². The fraction of sp³-hybridized carbons (Fsp3) is 0.250. The first-order chi connectivity index (χ1) is 19.2. The third-order valence-electron chi connectivity index (χ3n) is 8.38. The largest absolute Gasteiger partial charge is 0.504 e. The van der Waals surface area contributed by atoms with Gasteiger partial charge in [0, 0.05) is 26.2 Å². The van der Waals surface area contributed by atoms with Crippen molar-refractivity contribution in [2.45, 2.75) is 19.8 Å². The molecule has 1 N–H and O–H groups in total. The number of nitrogens with zero attached hydrogens (tertiary/aromatic N) is 1. The number of phenols is 1. The molecule has 0 saturated carbocycles. The number of ketones is 2. The van der Waals surface area contributed by atoms with Crippen molar-refractivity contribution in [1.82, 2.24) is 0 Å². The summed E-state index contributed by atoms with van der Waals surface area (Å²) in [5.74, 6) is -2.58. The standard InChI is InChI=1S/C32H26INO6/c1-16-13-26(36)28-21(9-3-17-4-12-25(35)27(14-17)40-2)20-10-11-22-29(23(20)15-24(28)30(16)37)32(39)34(31(22)38)19-7-5-18(33)6-8-19/h3-10,12-14,21-23,29,35H,11,15H2,1-2H3. The van der Waals surface area contributed by atoms with Crippen LogP contribution in [0, 0.1) is 27.2 Å². The highest BCUT2D eigenvalue weighted by atomic mass is 127. The van der Waals surface area contributed by atoms with Crippen molar-refractivity contribution in [2.75, 3.05) is 12.0 Å². The fourth-order valence-corrected chi connectivity index (χ4v) is 6.87. The van der Waals surface area contributed by atoms with E-state index in [1.807, 2.05) is 30.4 Å². The van der Waals surface area contributed by atoms with E-state index in [0.717, 1.165) is 14.7 Å². The number of benzene rings is 2. The van der Waals surface area contributed by atoms with Crippen LogP contribution in [0.5, 0.6) is 11.5 Å². The number of aromatic hydroxyl groups is 1. The molecule has 1 fully saturated rings. The van der Waals surface area contributed by atoms with Gasteiger partial charge in [-0.25, -0.2) is 0 Å². The second-order valence-corrected chi connectivity index (χ2v) is 11.8. The van der Waals surface area contributed by atoms with Gasteiger partial charge in [0.15, 0.2) is 23.1 Å². The lowest BCUT2D eigenvalue weighted by atomic mass is 9.60. The summed E-state index contributed by atoms with van der Waals surface area (Å²) in [5, 5.41) is 9.98. The Morgan fingerprint density at radius 2 is 1.77 bits per heavy atom. The van der Waals surface area contributed by atoms with E-state index in [4.69, 9.17) is 4.74 Å². The molecule has 7 nitrogen and oxygen atoms in total. The molecular weight excluding hydrogens is 621 g/mol. The first-order valence-corrected chi connectivity index (χ1v) is 14.2. The third-order valence-corrected chi connectivity index (χ3v) is 9.10. The Hall–Kier alpha value is -3.79. The van der Waals surface area contributed by atoms with E-state index < -0.39 is 17.8 Å². The number of carbonyl (C=O) groups is 4. The summed E-state index contributed by atoms with van der Waals surface area (Å²) in [6, 6.07) is 12.2. The number of imide groups is 1. The molecule has 4 unspecified atom stereocenters. The monoisotopic (exact) mass is 647 g/mol. The normalized spacial score (nSPS) is 26.0. The van der Waals surface area contributed by atoms with Crippen molar-refractivity contribution in [1.29, 1.82) is 0 Å². The van der Waals surface area contributed by atoms with Gasteiger partial charge in [0.1, 0.15) is 0 Å². The van der Waals surface area contributed by atoms with Crippen LogP contribution in [0.4, 0.5) is 5.69 Å². The van der Waals surface area contributed by atoms with Crippen molar-refractivity contribution in [2.24, 2.45) is 23.7 Å². The number of hydrogen-bond donors (Lipinski definition) is 1. The maximum absolute atomic E-state index is 13.9. The number of Topliss-reactive ketones (excluding diaryl/α,β-unsaturated/α-hetero) is 1. The third kappa shape index (κ3) is 4.16. The highest BCUT2D eigenvalue weighted by Crippen LogP contribution is 2.53. The summed E-state index contributed by atoms with van der Waals surface area (Å²) in [6.07, 6.45) is 7.72. The topological polar surface area (TPSA) is 101 Å². The number of anilines is 1. The van der Waals surface area contributed by atoms with Crippen LogP contribution in [0.25, 0.3) is 6.08 Å².